The molecule has 1 aliphatic heterocycles. The van der Waals surface area contributed by atoms with Gasteiger partial charge in [-0.3, -0.25) is 0 Å². The van der Waals surface area contributed by atoms with Crippen LogP contribution in [0.5, 0.6) is 0 Å². The van der Waals surface area contributed by atoms with E-state index in [1.807, 2.05) is 13.0 Å². The summed E-state index contributed by atoms with van der Waals surface area (Å²) < 4.78 is 24.4. The Balaban J connectivity index is 2.40. The largest absolute Gasteiger partial charge is 0.346 e. The zero-order valence-corrected chi connectivity index (χ0v) is 9.30. The molecular weight excluding hydrogens is 251 g/mol. The number of rotatable bonds is 1. The molecule has 76 valence electrons. The van der Waals surface area contributed by atoms with Gasteiger partial charge < -0.3 is 9.47 Å². The third-order valence-electron chi connectivity index (χ3n) is 2.08. The summed E-state index contributed by atoms with van der Waals surface area (Å²) in [6.45, 7) is 2.97. The number of ether oxygens (including phenoxy) is 2. The summed E-state index contributed by atoms with van der Waals surface area (Å²) in [5, 5.41) is 0. The second-order valence-corrected chi connectivity index (χ2v) is 4.02. The Bertz CT molecular complexity index is 348. The van der Waals surface area contributed by atoms with E-state index in [1.54, 1.807) is 0 Å². The summed E-state index contributed by atoms with van der Waals surface area (Å²) in [7, 11) is 0. The topological polar surface area (TPSA) is 18.5 Å². The second-order valence-electron chi connectivity index (χ2n) is 3.22. The quantitative estimate of drug-likeness (QED) is 0.773. The Labute approximate surface area is 90.1 Å². The minimum Gasteiger partial charge on any atom is -0.346 e. The first-order valence-electron chi connectivity index (χ1n) is 4.37. The van der Waals surface area contributed by atoms with Crippen molar-refractivity contribution in [1.29, 1.82) is 0 Å². The van der Waals surface area contributed by atoms with E-state index in [4.69, 9.17) is 9.47 Å². The third-order valence-corrected chi connectivity index (χ3v) is 2.91. The van der Waals surface area contributed by atoms with Crippen molar-refractivity contribution in [2.24, 2.45) is 0 Å². The van der Waals surface area contributed by atoms with Gasteiger partial charge in [0.05, 0.1) is 17.7 Å². The van der Waals surface area contributed by atoms with Crippen LogP contribution in [0.25, 0.3) is 0 Å². The maximum atomic E-state index is 13.3. The van der Waals surface area contributed by atoms with Gasteiger partial charge in [0.15, 0.2) is 6.29 Å². The highest BCUT2D eigenvalue weighted by atomic mass is 79.9. The number of halogens is 2. The van der Waals surface area contributed by atoms with Crippen LogP contribution >= 0.6 is 15.9 Å². The van der Waals surface area contributed by atoms with Gasteiger partial charge in [0.25, 0.3) is 0 Å². The van der Waals surface area contributed by atoms with E-state index in [2.05, 4.69) is 15.9 Å². The van der Waals surface area contributed by atoms with Crippen molar-refractivity contribution >= 4 is 15.9 Å². The molecule has 1 fully saturated rings. The highest BCUT2D eigenvalue weighted by molar-refractivity contribution is 9.10. The molecule has 1 aromatic rings. The van der Waals surface area contributed by atoms with Crippen LogP contribution < -0.4 is 0 Å². The first-order chi connectivity index (χ1) is 6.68. The molecule has 2 nitrogen and oxygen atoms in total. The lowest BCUT2D eigenvalue weighted by molar-refractivity contribution is -0.0449. The summed E-state index contributed by atoms with van der Waals surface area (Å²) in [6.07, 6.45) is -0.432. The van der Waals surface area contributed by atoms with Gasteiger partial charge in [-0.25, -0.2) is 4.39 Å². The summed E-state index contributed by atoms with van der Waals surface area (Å²) in [6, 6.07) is 3.34. The summed E-state index contributed by atoms with van der Waals surface area (Å²) >= 11 is 3.19. The molecule has 0 saturated carbocycles. The first kappa shape index (κ1) is 10.1. The van der Waals surface area contributed by atoms with E-state index < -0.39 is 6.29 Å². The Morgan fingerprint density at radius 2 is 2.00 bits per heavy atom. The average molecular weight is 261 g/mol. The third kappa shape index (κ3) is 1.82. The van der Waals surface area contributed by atoms with Gasteiger partial charge in [0.1, 0.15) is 5.82 Å². The SMILES string of the molecule is Cc1cc(F)c(Br)c(C2OCCO2)c1. The Morgan fingerprint density at radius 3 is 2.64 bits per heavy atom. The first-order valence-corrected chi connectivity index (χ1v) is 5.16. The number of hydrogen-bond acceptors (Lipinski definition) is 2. The van der Waals surface area contributed by atoms with Crippen molar-refractivity contribution in [1.82, 2.24) is 0 Å². The Hall–Kier alpha value is -0.450. The molecule has 0 unspecified atom stereocenters. The molecule has 2 rings (SSSR count). The van der Waals surface area contributed by atoms with Gasteiger partial charge in [-0.15, -0.1) is 0 Å². The molecule has 1 heterocycles. The van der Waals surface area contributed by atoms with Gasteiger partial charge in [-0.2, -0.15) is 0 Å². The smallest absolute Gasteiger partial charge is 0.185 e. The molecule has 1 saturated heterocycles. The van der Waals surface area contributed by atoms with Crippen LogP contribution in [0.1, 0.15) is 17.4 Å². The molecule has 0 spiro atoms. The lowest BCUT2D eigenvalue weighted by atomic mass is 10.1. The number of hydrogen-bond donors (Lipinski definition) is 0. The van der Waals surface area contributed by atoms with Crippen molar-refractivity contribution in [2.45, 2.75) is 13.2 Å². The maximum Gasteiger partial charge on any atom is 0.185 e. The van der Waals surface area contributed by atoms with Gasteiger partial charge in [0, 0.05) is 5.56 Å². The standard InChI is InChI=1S/C10H10BrFO2/c1-6-4-7(9(11)8(12)5-6)10-13-2-3-14-10/h4-5,10H,2-3H2,1H3. The van der Waals surface area contributed by atoms with Crippen molar-refractivity contribution in [3.8, 4) is 0 Å². The molecule has 0 aliphatic carbocycles. The van der Waals surface area contributed by atoms with Crippen molar-refractivity contribution in [2.75, 3.05) is 13.2 Å². The molecule has 0 aromatic heterocycles. The van der Waals surface area contributed by atoms with E-state index in [9.17, 15) is 4.39 Å². The highest BCUT2D eigenvalue weighted by Gasteiger charge is 2.22. The van der Waals surface area contributed by atoms with Crippen LogP contribution in [0.2, 0.25) is 0 Å². The monoisotopic (exact) mass is 260 g/mol. The molecule has 0 amide bonds. The van der Waals surface area contributed by atoms with E-state index in [0.29, 0.717) is 17.7 Å². The van der Waals surface area contributed by atoms with Crippen LogP contribution in [0.4, 0.5) is 4.39 Å². The summed E-state index contributed by atoms with van der Waals surface area (Å²) in [5.41, 5.74) is 1.58. The molecule has 0 atom stereocenters. The Kier molecular flexibility index (Phi) is 2.85. The highest BCUT2D eigenvalue weighted by Crippen LogP contribution is 2.32. The fourth-order valence-electron chi connectivity index (χ4n) is 1.46. The molecule has 1 aromatic carbocycles. The molecule has 1 aliphatic rings. The number of aryl methyl sites for hydroxylation is 1. The van der Waals surface area contributed by atoms with Crippen LogP contribution in [-0.4, -0.2) is 13.2 Å². The van der Waals surface area contributed by atoms with Crippen LogP contribution in [0.15, 0.2) is 16.6 Å². The van der Waals surface area contributed by atoms with Gasteiger partial charge in [0.2, 0.25) is 0 Å². The second kappa shape index (κ2) is 3.96. The van der Waals surface area contributed by atoms with E-state index >= 15 is 0 Å². The van der Waals surface area contributed by atoms with Gasteiger partial charge in [-0.05, 0) is 40.5 Å². The van der Waals surface area contributed by atoms with E-state index in [-0.39, 0.29) is 5.82 Å². The molecule has 4 heteroatoms. The fourth-order valence-corrected chi connectivity index (χ4v) is 1.88. The predicted molar refractivity (Wildman–Crippen MR) is 53.5 cm³/mol. The van der Waals surface area contributed by atoms with Crippen LogP contribution in [0, 0.1) is 12.7 Å². The molecule has 0 bridgehead atoms. The summed E-state index contributed by atoms with van der Waals surface area (Å²) in [5.74, 6) is -0.279. The zero-order valence-electron chi connectivity index (χ0n) is 7.72. The van der Waals surface area contributed by atoms with Crippen molar-refractivity contribution < 1.29 is 13.9 Å². The predicted octanol–water partition coefficient (Wildman–Crippen LogP) is 2.94. The van der Waals surface area contributed by atoms with Crippen LogP contribution in [0.3, 0.4) is 0 Å². The minimum atomic E-state index is -0.432. The summed E-state index contributed by atoms with van der Waals surface area (Å²) in [4.78, 5) is 0. The number of benzene rings is 1. The van der Waals surface area contributed by atoms with E-state index in [1.165, 1.54) is 6.07 Å². The van der Waals surface area contributed by atoms with E-state index in [0.717, 1.165) is 11.1 Å². The molecule has 0 radical (unpaired) electrons. The van der Waals surface area contributed by atoms with Gasteiger partial charge in [-0.1, -0.05) is 0 Å². The minimum absolute atomic E-state index is 0.279. The van der Waals surface area contributed by atoms with Crippen LogP contribution in [-0.2, 0) is 9.47 Å². The average Bonchev–Trinajstić information content (AvgIpc) is 2.63. The molecular formula is C10H10BrFO2. The van der Waals surface area contributed by atoms with Gasteiger partial charge >= 0.3 is 0 Å². The lowest BCUT2D eigenvalue weighted by Crippen LogP contribution is -2.01. The van der Waals surface area contributed by atoms with Crippen molar-refractivity contribution in [3.63, 3.8) is 0 Å². The zero-order chi connectivity index (χ0) is 10.1. The molecule has 14 heavy (non-hydrogen) atoms. The normalized spacial score (nSPS) is 17.6. The van der Waals surface area contributed by atoms with Crippen molar-refractivity contribution in [3.05, 3.63) is 33.5 Å². The molecule has 0 N–H and O–H groups in total. The Morgan fingerprint density at radius 1 is 1.36 bits per heavy atom. The maximum absolute atomic E-state index is 13.3. The fraction of sp³-hybridized carbons (Fsp3) is 0.400. The lowest BCUT2D eigenvalue weighted by Gasteiger charge is -2.12.